The summed E-state index contributed by atoms with van der Waals surface area (Å²) in [5.74, 6) is -1.48. The third kappa shape index (κ3) is 12.1. The molecule has 6 aromatic rings. The van der Waals surface area contributed by atoms with Crippen LogP contribution in [0.2, 0.25) is 0 Å². The van der Waals surface area contributed by atoms with E-state index < -0.39 is 35.3 Å². The maximum absolute atomic E-state index is 15.7. The van der Waals surface area contributed by atoms with Gasteiger partial charge in [-0.1, -0.05) is 45.0 Å². The van der Waals surface area contributed by atoms with E-state index in [4.69, 9.17) is 4.98 Å². The fraction of sp³-hybridized carbons (Fsp3) is 0.442. The number of nitrogens with one attached hydrogen (secondary N) is 5. The van der Waals surface area contributed by atoms with E-state index in [0.717, 1.165) is 51.5 Å². The topological polar surface area (TPSA) is 235 Å². The molecule has 4 aromatic heterocycles. The number of hydrogen-bond donors (Lipinski definition) is 6. The van der Waals surface area contributed by atoms with E-state index >= 15 is 4.39 Å². The maximum atomic E-state index is 15.7. The highest BCUT2D eigenvalue weighted by Crippen LogP contribution is 2.41. The van der Waals surface area contributed by atoms with Crippen molar-refractivity contribution in [1.82, 2.24) is 60.2 Å². The molecule has 3 aliphatic rings. The minimum absolute atomic E-state index is 0.0222. The molecule has 384 valence electrons. The molecule has 2 saturated heterocycles. The summed E-state index contributed by atoms with van der Waals surface area (Å²) >= 11 is 1.57. The van der Waals surface area contributed by atoms with E-state index in [1.807, 2.05) is 67.5 Å². The molecule has 1 aliphatic carbocycles. The Morgan fingerprint density at radius 2 is 1.73 bits per heavy atom. The number of aromatic amines is 1. The Bertz CT molecular complexity index is 2960. The molecule has 73 heavy (non-hydrogen) atoms. The molecule has 5 amide bonds. The molecule has 19 nitrogen and oxygen atoms in total. The number of benzene rings is 2. The van der Waals surface area contributed by atoms with Crippen LogP contribution in [0.15, 0.2) is 72.8 Å². The lowest BCUT2D eigenvalue weighted by molar-refractivity contribution is -0.144. The zero-order valence-electron chi connectivity index (χ0n) is 41.5. The Morgan fingerprint density at radius 1 is 0.945 bits per heavy atom. The first-order valence-electron chi connectivity index (χ1n) is 24.9. The van der Waals surface area contributed by atoms with Crippen molar-refractivity contribution in [2.75, 3.05) is 51.1 Å². The van der Waals surface area contributed by atoms with Crippen LogP contribution in [-0.4, -0.2) is 143 Å². The molecule has 1 saturated carbocycles. The molecule has 6 N–H and O–H groups in total. The average molecular weight is 1020 g/mol. The summed E-state index contributed by atoms with van der Waals surface area (Å²) in [6.07, 6.45) is 9.58. The Balaban J connectivity index is 0.688. The molecular weight excluding hydrogens is 954 g/mol. The number of aliphatic hydroxyl groups is 1. The van der Waals surface area contributed by atoms with Gasteiger partial charge in [0.15, 0.2) is 11.5 Å². The van der Waals surface area contributed by atoms with Gasteiger partial charge in [0.2, 0.25) is 23.6 Å². The predicted octanol–water partition coefficient (Wildman–Crippen LogP) is 5.16. The van der Waals surface area contributed by atoms with Crippen LogP contribution in [0.25, 0.3) is 27.3 Å². The number of likely N-dealkylation sites (tertiary alicyclic amines) is 1. The number of β-amino-alcohol motifs (C(OH)–C–C–N with tert-alkyl or cyclic N) is 1. The number of anilines is 2. The first-order valence-corrected chi connectivity index (χ1v) is 25.7. The van der Waals surface area contributed by atoms with Crippen molar-refractivity contribution in [2.45, 2.75) is 96.9 Å². The first kappa shape index (κ1) is 50.8. The number of amides is 5. The van der Waals surface area contributed by atoms with E-state index in [1.54, 1.807) is 46.4 Å². The van der Waals surface area contributed by atoms with Gasteiger partial charge in [0.1, 0.15) is 17.9 Å². The van der Waals surface area contributed by atoms with E-state index in [2.05, 4.69) is 41.4 Å². The number of rotatable bonds is 18. The highest BCUT2D eigenvalue weighted by molar-refractivity contribution is 7.13. The number of halogens is 1. The fourth-order valence-electron chi connectivity index (χ4n) is 9.35. The van der Waals surface area contributed by atoms with Crippen molar-refractivity contribution < 1.29 is 33.5 Å². The highest BCUT2D eigenvalue weighted by Gasteiger charge is 2.44. The summed E-state index contributed by atoms with van der Waals surface area (Å²) in [6, 6.07) is 10.4. The summed E-state index contributed by atoms with van der Waals surface area (Å²) in [6.45, 7) is 9.85. The van der Waals surface area contributed by atoms with Gasteiger partial charge >= 0.3 is 0 Å². The van der Waals surface area contributed by atoms with Gasteiger partial charge in [0, 0.05) is 88.1 Å². The van der Waals surface area contributed by atoms with Crippen LogP contribution < -0.4 is 21.3 Å². The Hall–Kier alpha value is -7.10. The van der Waals surface area contributed by atoms with Crippen LogP contribution in [0.4, 0.5) is 15.9 Å². The number of aliphatic hydroxyl groups excluding tert-OH is 1. The maximum Gasteiger partial charge on any atom is 0.254 e. The Kier molecular flexibility index (Phi) is 15.3. The van der Waals surface area contributed by atoms with Gasteiger partial charge in [-0.2, -0.15) is 5.10 Å². The smallest absolute Gasteiger partial charge is 0.254 e. The zero-order valence-corrected chi connectivity index (χ0v) is 42.3. The van der Waals surface area contributed by atoms with Gasteiger partial charge in [-0.25, -0.2) is 19.3 Å². The molecule has 0 unspecified atom stereocenters. The number of carbonyl (C=O) groups is 5. The lowest BCUT2D eigenvalue weighted by Gasteiger charge is -2.35. The Labute approximate surface area is 426 Å². The lowest BCUT2D eigenvalue weighted by Crippen LogP contribution is -2.57. The standard InChI is InChI=1S/C52H62FN13O6S/c1-31-45(73-30-57-31)34-10-8-32(9-11-34)23-56-49(70)41-22-37(67)27-66(41)51(72)46(52(2,3)4)62-43(68)7-5-6-16-54-44(69)29-63-17-19-64(20-18-63)50(71)35-14-15-39(38(53)21-35)60-47-48-55-26-42(36-24-58-59-25-36)65(48)28-40(61-47)33-12-13-33/h8-11,14-15,21,24-26,28,30,33,37,41,46,67H,5-7,12-13,16-20,22-23,27,29H2,1-4H3,(H,54,69)(H,56,70)(H,58,59)(H,60,61)(H,62,68)/t37-,41+,46-/m1/s1. The molecule has 6 heterocycles. The fourth-order valence-corrected chi connectivity index (χ4v) is 10.2. The molecule has 21 heteroatoms. The quantitative estimate of drug-likeness (QED) is 0.0613. The van der Waals surface area contributed by atoms with Crippen LogP contribution in [0.3, 0.4) is 0 Å². The Morgan fingerprint density at radius 3 is 2.41 bits per heavy atom. The number of thiazole rings is 1. The number of hydrogen-bond acceptors (Lipinski definition) is 13. The van der Waals surface area contributed by atoms with Crippen LogP contribution >= 0.6 is 11.3 Å². The summed E-state index contributed by atoms with van der Waals surface area (Å²) in [7, 11) is 0. The van der Waals surface area contributed by atoms with Crippen molar-refractivity contribution in [3.63, 3.8) is 0 Å². The van der Waals surface area contributed by atoms with Crippen LogP contribution in [-0.2, 0) is 25.7 Å². The molecule has 3 fully saturated rings. The summed E-state index contributed by atoms with van der Waals surface area (Å²) in [5, 5.41) is 29.3. The number of H-pyrrole nitrogens is 1. The minimum atomic E-state index is -0.945. The molecule has 0 spiro atoms. The second kappa shape index (κ2) is 21.9. The normalized spacial score (nSPS) is 17.7. The van der Waals surface area contributed by atoms with Crippen molar-refractivity contribution >= 4 is 58.0 Å². The number of aromatic nitrogens is 6. The monoisotopic (exact) mass is 1020 g/mol. The van der Waals surface area contributed by atoms with E-state index in [0.29, 0.717) is 62.9 Å². The highest BCUT2D eigenvalue weighted by atomic mass is 32.1. The molecule has 2 aliphatic heterocycles. The number of aryl methyl sites for hydroxylation is 1. The second-order valence-corrected chi connectivity index (χ2v) is 21.1. The number of unbranched alkanes of at least 4 members (excludes halogenated alkanes) is 1. The van der Waals surface area contributed by atoms with E-state index in [-0.39, 0.29) is 67.4 Å². The van der Waals surface area contributed by atoms with Crippen molar-refractivity contribution in [3.8, 4) is 21.7 Å². The SMILES string of the molecule is Cc1ncsc1-c1ccc(CNC(=O)[C@@H]2C[C@@H](O)CN2C(=O)[C@@H](NC(=O)CCCCNC(=O)CN2CCN(C(=O)c3ccc(Nc4nc(C5CC5)cn5c(-c6cn[nH]c6)cnc45)c(F)c3)CC2)C(C)(C)C)cc1. The van der Waals surface area contributed by atoms with Crippen molar-refractivity contribution in [3.05, 3.63) is 101 Å². The number of piperazine rings is 1. The second-order valence-electron chi connectivity index (χ2n) is 20.3. The molecule has 0 bridgehead atoms. The van der Waals surface area contributed by atoms with Gasteiger partial charge in [-0.15, -0.1) is 11.3 Å². The number of fused-ring (bicyclic) bond motifs is 1. The number of nitrogens with zero attached hydrogens (tertiary/aromatic N) is 8. The van der Waals surface area contributed by atoms with Gasteiger partial charge in [-0.05, 0) is 67.3 Å². The first-order chi connectivity index (χ1) is 35.1. The van der Waals surface area contributed by atoms with Crippen molar-refractivity contribution in [2.24, 2.45) is 5.41 Å². The van der Waals surface area contributed by atoms with E-state index in [1.165, 1.54) is 17.0 Å². The summed E-state index contributed by atoms with van der Waals surface area (Å²) in [4.78, 5) is 86.9. The zero-order chi connectivity index (χ0) is 51.4. The summed E-state index contributed by atoms with van der Waals surface area (Å²) < 4.78 is 17.6. The molecular formula is C52H62FN13O6S. The van der Waals surface area contributed by atoms with Gasteiger partial charge in [-0.3, -0.25) is 38.4 Å². The lowest BCUT2D eigenvalue weighted by atomic mass is 9.85. The van der Waals surface area contributed by atoms with Gasteiger partial charge in [0.05, 0.1) is 58.2 Å². The molecule has 0 radical (unpaired) electrons. The third-order valence-corrected chi connectivity index (χ3v) is 14.6. The van der Waals surface area contributed by atoms with Crippen molar-refractivity contribution in [1.29, 1.82) is 0 Å². The van der Waals surface area contributed by atoms with Gasteiger partial charge < -0.3 is 36.2 Å². The number of carbonyl (C=O) groups excluding carboxylic acids is 5. The average Bonchev–Trinajstić information content (AvgIpc) is 3.68. The molecule has 3 atom stereocenters. The minimum Gasteiger partial charge on any atom is -0.391 e. The molecule has 2 aromatic carbocycles. The van der Waals surface area contributed by atoms with Crippen LogP contribution in [0, 0.1) is 18.2 Å². The van der Waals surface area contributed by atoms with E-state index in [9.17, 15) is 29.1 Å². The number of imidazole rings is 1. The predicted molar refractivity (Wildman–Crippen MR) is 273 cm³/mol. The third-order valence-electron chi connectivity index (χ3n) is 13.7. The largest absolute Gasteiger partial charge is 0.391 e. The van der Waals surface area contributed by atoms with Crippen LogP contribution in [0.1, 0.15) is 92.5 Å². The summed E-state index contributed by atoms with van der Waals surface area (Å²) in [5.41, 5.74) is 7.48. The van der Waals surface area contributed by atoms with Crippen LogP contribution in [0.5, 0.6) is 0 Å². The van der Waals surface area contributed by atoms with Gasteiger partial charge in [0.25, 0.3) is 5.91 Å². The molecule has 9 rings (SSSR count).